The molecule has 2 heterocycles. The van der Waals surface area contributed by atoms with E-state index in [0.29, 0.717) is 12.3 Å². The van der Waals surface area contributed by atoms with Gasteiger partial charge in [0.05, 0.1) is 6.42 Å². The fourth-order valence-corrected chi connectivity index (χ4v) is 3.74. The number of nitrogens with zero attached hydrogens (tertiary/aromatic N) is 1. The van der Waals surface area contributed by atoms with E-state index in [-0.39, 0.29) is 5.91 Å². The van der Waals surface area contributed by atoms with Gasteiger partial charge < -0.3 is 9.88 Å². The molecular formula is C21H22N2O. The van der Waals surface area contributed by atoms with Gasteiger partial charge in [-0.05, 0) is 36.0 Å². The molecule has 3 heteroatoms. The van der Waals surface area contributed by atoms with Gasteiger partial charge in [-0.1, -0.05) is 48.5 Å². The van der Waals surface area contributed by atoms with Crippen LogP contribution in [0.2, 0.25) is 0 Å². The Morgan fingerprint density at radius 2 is 1.71 bits per heavy atom. The highest BCUT2D eigenvalue weighted by atomic mass is 16.2. The van der Waals surface area contributed by atoms with E-state index in [1.165, 1.54) is 5.56 Å². The topological polar surface area (TPSA) is 36.1 Å². The van der Waals surface area contributed by atoms with Gasteiger partial charge in [0.25, 0.3) is 0 Å². The second-order valence-electron chi connectivity index (χ2n) is 6.60. The number of benzene rings is 2. The summed E-state index contributed by atoms with van der Waals surface area (Å²) in [6.07, 6.45) is 4.58. The summed E-state index contributed by atoms with van der Waals surface area (Å²) >= 11 is 0. The van der Waals surface area contributed by atoms with Crippen molar-refractivity contribution in [3.63, 3.8) is 0 Å². The number of carbonyl (C=O) groups is 1. The van der Waals surface area contributed by atoms with Crippen LogP contribution in [-0.2, 0) is 11.2 Å². The van der Waals surface area contributed by atoms with Gasteiger partial charge in [-0.2, -0.15) is 0 Å². The Morgan fingerprint density at radius 1 is 1.00 bits per heavy atom. The van der Waals surface area contributed by atoms with E-state index in [4.69, 9.17) is 0 Å². The molecule has 24 heavy (non-hydrogen) atoms. The number of aromatic nitrogens is 1. The number of amides is 1. The first-order valence-electron chi connectivity index (χ1n) is 8.69. The molecule has 1 aromatic heterocycles. The average molecular weight is 318 g/mol. The molecule has 1 saturated heterocycles. The number of hydrogen-bond acceptors (Lipinski definition) is 1. The number of aromatic amines is 1. The minimum atomic E-state index is 0.242. The number of nitrogens with one attached hydrogen (secondary N) is 1. The van der Waals surface area contributed by atoms with Crippen molar-refractivity contribution in [2.24, 2.45) is 0 Å². The quantitative estimate of drug-likeness (QED) is 0.775. The first-order chi connectivity index (χ1) is 11.8. The van der Waals surface area contributed by atoms with Crippen LogP contribution < -0.4 is 0 Å². The van der Waals surface area contributed by atoms with Crippen LogP contribution in [0.25, 0.3) is 10.9 Å². The number of fused-ring (bicyclic) bond motifs is 1. The number of H-pyrrole nitrogens is 1. The third kappa shape index (κ3) is 2.94. The maximum atomic E-state index is 12.7. The molecule has 0 unspecified atom stereocenters. The van der Waals surface area contributed by atoms with Crippen molar-refractivity contribution in [2.45, 2.75) is 25.2 Å². The minimum absolute atomic E-state index is 0.242. The lowest BCUT2D eigenvalue weighted by Crippen LogP contribution is -2.38. The standard InChI is InChI=1S/C21H22N2O/c24-21(14-18-15-22-20-9-5-4-8-19(18)20)23-12-10-17(11-13-23)16-6-2-1-3-7-16/h1-9,15,17,22H,10-14H2. The highest BCUT2D eigenvalue weighted by Gasteiger charge is 2.24. The van der Waals surface area contributed by atoms with Crippen LogP contribution in [0.5, 0.6) is 0 Å². The molecule has 1 aliphatic heterocycles. The van der Waals surface area contributed by atoms with Gasteiger partial charge in [0.1, 0.15) is 0 Å². The minimum Gasteiger partial charge on any atom is -0.361 e. The molecule has 0 radical (unpaired) electrons. The largest absolute Gasteiger partial charge is 0.361 e. The van der Waals surface area contributed by atoms with Crippen molar-refractivity contribution in [3.8, 4) is 0 Å². The van der Waals surface area contributed by atoms with Crippen molar-refractivity contribution >= 4 is 16.8 Å². The van der Waals surface area contributed by atoms with Gasteiger partial charge >= 0.3 is 0 Å². The molecule has 1 aliphatic rings. The zero-order valence-corrected chi connectivity index (χ0v) is 13.7. The van der Waals surface area contributed by atoms with Crippen LogP contribution >= 0.6 is 0 Å². The second kappa shape index (κ2) is 6.52. The van der Waals surface area contributed by atoms with E-state index in [0.717, 1.165) is 42.4 Å². The fraction of sp³-hybridized carbons (Fsp3) is 0.286. The van der Waals surface area contributed by atoms with E-state index in [2.05, 4.69) is 47.4 Å². The van der Waals surface area contributed by atoms with Crippen molar-refractivity contribution in [1.29, 1.82) is 0 Å². The lowest BCUT2D eigenvalue weighted by molar-refractivity contribution is -0.131. The normalized spacial score (nSPS) is 15.8. The highest BCUT2D eigenvalue weighted by molar-refractivity contribution is 5.88. The molecule has 2 aromatic carbocycles. The van der Waals surface area contributed by atoms with Gasteiger partial charge in [-0.25, -0.2) is 0 Å². The zero-order chi connectivity index (χ0) is 16.4. The molecule has 0 atom stereocenters. The molecule has 0 aliphatic carbocycles. The van der Waals surface area contributed by atoms with E-state index >= 15 is 0 Å². The molecule has 0 spiro atoms. The number of para-hydroxylation sites is 1. The van der Waals surface area contributed by atoms with E-state index < -0.39 is 0 Å². The smallest absolute Gasteiger partial charge is 0.227 e. The lowest BCUT2D eigenvalue weighted by atomic mass is 9.89. The second-order valence-corrected chi connectivity index (χ2v) is 6.60. The van der Waals surface area contributed by atoms with Crippen molar-refractivity contribution in [1.82, 2.24) is 9.88 Å². The van der Waals surface area contributed by atoms with Crippen LogP contribution in [-0.4, -0.2) is 28.9 Å². The Balaban J connectivity index is 1.40. The predicted molar refractivity (Wildman–Crippen MR) is 97.0 cm³/mol. The number of rotatable bonds is 3. The Labute approximate surface area is 142 Å². The Kier molecular flexibility index (Phi) is 4.08. The van der Waals surface area contributed by atoms with Crippen LogP contribution in [0.3, 0.4) is 0 Å². The first kappa shape index (κ1) is 15.0. The Hall–Kier alpha value is -2.55. The molecule has 3 nitrogen and oxygen atoms in total. The summed E-state index contributed by atoms with van der Waals surface area (Å²) in [5, 5.41) is 1.16. The molecule has 122 valence electrons. The number of carbonyl (C=O) groups excluding carboxylic acids is 1. The van der Waals surface area contributed by atoms with Gasteiger partial charge in [-0.15, -0.1) is 0 Å². The van der Waals surface area contributed by atoms with Crippen LogP contribution in [0.4, 0.5) is 0 Å². The highest BCUT2D eigenvalue weighted by Crippen LogP contribution is 2.28. The summed E-state index contributed by atoms with van der Waals surface area (Å²) in [7, 11) is 0. The van der Waals surface area contributed by atoms with Crippen molar-refractivity contribution < 1.29 is 4.79 Å². The van der Waals surface area contributed by atoms with E-state index in [9.17, 15) is 4.79 Å². The van der Waals surface area contributed by atoms with Crippen LogP contribution in [0.1, 0.15) is 29.9 Å². The van der Waals surface area contributed by atoms with E-state index in [1.807, 2.05) is 23.2 Å². The fourth-order valence-electron chi connectivity index (χ4n) is 3.74. The van der Waals surface area contributed by atoms with Gasteiger partial charge in [0.15, 0.2) is 0 Å². The third-order valence-electron chi connectivity index (χ3n) is 5.14. The summed E-state index contributed by atoms with van der Waals surface area (Å²) in [6, 6.07) is 18.8. The third-order valence-corrected chi connectivity index (χ3v) is 5.14. The number of hydrogen-bond donors (Lipinski definition) is 1. The van der Waals surface area contributed by atoms with Gasteiger partial charge in [0, 0.05) is 30.2 Å². The van der Waals surface area contributed by atoms with Gasteiger partial charge in [0.2, 0.25) is 5.91 Å². The van der Waals surface area contributed by atoms with Crippen molar-refractivity contribution in [2.75, 3.05) is 13.1 Å². The van der Waals surface area contributed by atoms with Gasteiger partial charge in [-0.3, -0.25) is 4.79 Å². The van der Waals surface area contributed by atoms with Crippen molar-refractivity contribution in [3.05, 3.63) is 71.9 Å². The lowest BCUT2D eigenvalue weighted by Gasteiger charge is -2.32. The molecule has 1 amide bonds. The SMILES string of the molecule is O=C(Cc1c[nH]c2ccccc12)N1CCC(c2ccccc2)CC1. The van der Waals surface area contributed by atoms with E-state index in [1.54, 1.807) is 0 Å². The molecule has 3 aromatic rings. The Bertz CT molecular complexity index is 829. The van der Waals surface area contributed by atoms with Crippen LogP contribution in [0.15, 0.2) is 60.8 Å². The first-order valence-corrected chi connectivity index (χ1v) is 8.69. The summed E-state index contributed by atoms with van der Waals surface area (Å²) < 4.78 is 0. The summed E-state index contributed by atoms with van der Waals surface area (Å²) in [5.74, 6) is 0.828. The number of piperidine rings is 1. The Morgan fingerprint density at radius 3 is 2.50 bits per heavy atom. The summed E-state index contributed by atoms with van der Waals surface area (Å²) in [6.45, 7) is 1.72. The maximum absolute atomic E-state index is 12.7. The molecule has 0 saturated carbocycles. The van der Waals surface area contributed by atoms with Crippen LogP contribution in [0, 0.1) is 0 Å². The molecule has 4 rings (SSSR count). The average Bonchev–Trinajstić information content (AvgIpc) is 3.06. The summed E-state index contributed by atoms with van der Waals surface area (Å²) in [4.78, 5) is 17.9. The zero-order valence-electron chi connectivity index (χ0n) is 13.7. The monoisotopic (exact) mass is 318 g/mol. The predicted octanol–water partition coefficient (Wildman–Crippen LogP) is 4.12. The molecule has 1 fully saturated rings. The molecule has 1 N–H and O–H groups in total. The maximum Gasteiger partial charge on any atom is 0.227 e. The summed E-state index contributed by atoms with van der Waals surface area (Å²) in [5.41, 5.74) is 3.60. The number of likely N-dealkylation sites (tertiary alicyclic amines) is 1. The molecular weight excluding hydrogens is 296 g/mol. The molecule has 0 bridgehead atoms.